The topological polar surface area (TPSA) is 57.1 Å². The van der Waals surface area contributed by atoms with Crippen LogP contribution < -0.4 is 5.32 Å². The van der Waals surface area contributed by atoms with Crippen molar-refractivity contribution in [1.82, 2.24) is 4.90 Å². The van der Waals surface area contributed by atoms with Gasteiger partial charge in [0, 0.05) is 44.8 Å². The highest BCUT2D eigenvalue weighted by Crippen LogP contribution is 2.21. The highest BCUT2D eigenvalue weighted by molar-refractivity contribution is 5.93. The predicted octanol–water partition coefficient (Wildman–Crippen LogP) is 2.48. The molecule has 5 nitrogen and oxygen atoms in total. The summed E-state index contributed by atoms with van der Waals surface area (Å²) in [6, 6.07) is 10.1. The van der Waals surface area contributed by atoms with Gasteiger partial charge < -0.3 is 20.1 Å². The summed E-state index contributed by atoms with van der Waals surface area (Å²) in [6.07, 6.45) is 5.02. The van der Waals surface area contributed by atoms with Crippen LogP contribution in [-0.2, 0) is 4.74 Å². The zero-order valence-corrected chi connectivity index (χ0v) is 13.7. The Balaban J connectivity index is 1.72. The van der Waals surface area contributed by atoms with Crippen LogP contribution in [0.15, 0.2) is 35.3 Å². The van der Waals surface area contributed by atoms with Gasteiger partial charge in [-0.15, -0.1) is 0 Å². The molecule has 0 spiro atoms. The van der Waals surface area contributed by atoms with Crippen molar-refractivity contribution in [1.29, 1.82) is 0 Å². The van der Waals surface area contributed by atoms with Crippen molar-refractivity contribution in [2.24, 2.45) is 4.99 Å². The molecule has 1 aromatic rings. The van der Waals surface area contributed by atoms with Gasteiger partial charge in [-0.3, -0.25) is 0 Å². The molecule has 0 saturated carbocycles. The molecule has 2 aliphatic rings. The average Bonchev–Trinajstić information content (AvgIpc) is 2.61. The van der Waals surface area contributed by atoms with E-state index in [0.29, 0.717) is 32.6 Å². The molecule has 126 valence electrons. The van der Waals surface area contributed by atoms with Gasteiger partial charge >= 0.3 is 0 Å². The molecule has 3 rings (SSSR count). The van der Waals surface area contributed by atoms with Crippen molar-refractivity contribution < 1.29 is 9.84 Å². The van der Waals surface area contributed by atoms with Crippen LogP contribution in [0.5, 0.6) is 0 Å². The Morgan fingerprint density at radius 1 is 1.13 bits per heavy atom. The Kier molecular flexibility index (Phi) is 5.51. The number of likely N-dealkylation sites (tertiary alicyclic amines) is 1. The minimum absolute atomic E-state index is 0.433. The van der Waals surface area contributed by atoms with Gasteiger partial charge in [-0.1, -0.05) is 18.2 Å². The number of hydrogen-bond donors (Lipinski definition) is 2. The van der Waals surface area contributed by atoms with Gasteiger partial charge in [0.05, 0.1) is 12.1 Å². The van der Waals surface area contributed by atoms with E-state index in [1.807, 2.05) is 30.3 Å². The van der Waals surface area contributed by atoms with E-state index < -0.39 is 5.60 Å². The highest BCUT2D eigenvalue weighted by atomic mass is 16.5. The number of aliphatic imine (C=N–C) groups is 1. The molecule has 0 aliphatic carbocycles. The Labute approximate surface area is 138 Å². The minimum Gasteiger partial charge on any atom is -0.388 e. The van der Waals surface area contributed by atoms with Crippen LogP contribution in [0.3, 0.4) is 0 Å². The first-order valence-corrected chi connectivity index (χ1v) is 8.67. The van der Waals surface area contributed by atoms with Crippen molar-refractivity contribution in [3.63, 3.8) is 0 Å². The maximum absolute atomic E-state index is 10.7. The standard InChI is InChI=1S/C18H27N3O2/c22-18(9-13-23-14-10-18)15-19-17(21-11-5-2-6-12-21)20-16-7-3-1-4-8-16/h1,3-4,7-8,22H,2,5-6,9-15H2,(H,19,20). The number of benzene rings is 1. The molecule has 0 atom stereocenters. The van der Waals surface area contributed by atoms with Gasteiger partial charge in [0.1, 0.15) is 0 Å². The fraction of sp³-hybridized carbons (Fsp3) is 0.611. The van der Waals surface area contributed by atoms with Crippen molar-refractivity contribution in [2.45, 2.75) is 37.7 Å². The van der Waals surface area contributed by atoms with Gasteiger partial charge in [0.15, 0.2) is 5.96 Å². The van der Waals surface area contributed by atoms with Gasteiger partial charge in [0.2, 0.25) is 0 Å². The molecule has 0 bridgehead atoms. The number of anilines is 1. The van der Waals surface area contributed by atoms with Gasteiger partial charge in [-0.05, 0) is 31.4 Å². The molecule has 2 fully saturated rings. The van der Waals surface area contributed by atoms with E-state index >= 15 is 0 Å². The number of guanidine groups is 1. The maximum Gasteiger partial charge on any atom is 0.198 e. The van der Waals surface area contributed by atoms with Gasteiger partial charge in [0.25, 0.3) is 0 Å². The SMILES string of the molecule is OC1(CN=C(Nc2ccccc2)N2CCCCC2)CCOCC1. The summed E-state index contributed by atoms with van der Waals surface area (Å²) in [4.78, 5) is 7.07. The fourth-order valence-corrected chi connectivity index (χ4v) is 3.11. The lowest BCUT2D eigenvalue weighted by Crippen LogP contribution is -2.43. The molecular weight excluding hydrogens is 290 g/mol. The predicted molar refractivity (Wildman–Crippen MR) is 92.8 cm³/mol. The van der Waals surface area contributed by atoms with E-state index in [0.717, 1.165) is 24.7 Å². The molecule has 5 heteroatoms. The van der Waals surface area contributed by atoms with Crippen LogP contribution in [0.1, 0.15) is 32.1 Å². The second kappa shape index (κ2) is 7.79. The fourth-order valence-electron chi connectivity index (χ4n) is 3.11. The van der Waals surface area contributed by atoms with Crippen LogP contribution >= 0.6 is 0 Å². The quantitative estimate of drug-likeness (QED) is 0.664. The van der Waals surface area contributed by atoms with E-state index in [9.17, 15) is 5.11 Å². The highest BCUT2D eigenvalue weighted by Gasteiger charge is 2.30. The summed E-state index contributed by atoms with van der Waals surface area (Å²) < 4.78 is 5.35. The van der Waals surface area contributed by atoms with Crippen LogP contribution in [0, 0.1) is 0 Å². The lowest BCUT2D eigenvalue weighted by Gasteiger charge is -2.33. The van der Waals surface area contributed by atoms with Crippen LogP contribution in [-0.4, -0.2) is 54.4 Å². The molecule has 0 radical (unpaired) electrons. The Morgan fingerprint density at radius 3 is 2.52 bits per heavy atom. The van der Waals surface area contributed by atoms with E-state index in [2.05, 4.69) is 10.2 Å². The molecule has 2 N–H and O–H groups in total. The van der Waals surface area contributed by atoms with Crippen molar-refractivity contribution >= 4 is 11.6 Å². The van der Waals surface area contributed by atoms with Crippen molar-refractivity contribution in [3.8, 4) is 0 Å². The first-order valence-electron chi connectivity index (χ1n) is 8.67. The number of nitrogens with one attached hydrogen (secondary N) is 1. The van der Waals surface area contributed by atoms with Crippen LogP contribution in [0.4, 0.5) is 5.69 Å². The summed E-state index contributed by atoms with van der Waals surface area (Å²) in [6.45, 7) is 3.73. The Hall–Kier alpha value is -1.59. The summed E-state index contributed by atoms with van der Waals surface area (Å²) in [7, 11) is 0. The number of aliphatic hydroxyl groups is 1. The molecule has 2 heterocycles. The number of para-hydroxylation sites is 1. The third-order valence-electron chi connectivity index (χ3n) is 4.63. The normalized spacial score (nSPS) is 22.0. The van der Waals surface area contributed by atoms with Crippen LogP contribution in [0.25, 0.3) is 0 Å². The zero-order valence-electron chi connectivity index (χ0n) is 13.7. The lowest BCUT2D eigenvalue weighted by molar-refractivity contribution is -0.0566. The monoisotopic (exact) mass is 317 g/mol. The zero-order chi connectivity index (χ0) is 16.0. The lowest BCUT2D eigenvalue weighted by atomic mass is 9.95. The molecule has 1 aromatic carbocycles. The molecule has 0 aromatic heterocycles. The summed E-state index contributed by atoms with van der Waals surface area (Å²) >= 11 is 0. The summed E-state index contributed by atoms with van der Waals surface area (Å²) in [5, 5.41) is 14.1. The smallest absolute Gasteiger partial charge is 0.198 e. The Morgan fingerprint density at radius 2 is 1.83 bits per heavy atom. The van der Waals surface area contributed by atoms with Gasteiger partial charge in [-0.2, -0.15) is 0 Å². The second-order valence-electron chi connectivity index (χ2n) is 6.52. The Bertz CT molecular complexity index is 506. The molecule has 0 amide bonds. The molecule has 0 unspecified atom stereocenters. The van der Waals surface area contributed by atoms with Crippen LogP contribution in [0.2, 0.25) is 0 Å². The van der Waals surface area contributed by atoms with Crippen molar-refractivity contribution in [2.75, 3.05) is 38.2 Å². The maximum atomic E-state index is 10.7. The van der Waals surface area contributed by atoms with E-state index in [-0.39, 0.29) is 0 Å². The number of rotatable bonds is 3. The van der Waals surface area contributed by atoms with E-state index in [1.54, 1.807) is 0 Å². The average molecular weight is 317 g/mol. The largest absolute Gasteiger partial charge is 0.388 e. The second-order valence-corrected chi connectivity index (χ2v) is 6.52. The third kappa shape index (κ3) is 4.69. The molecular formula is C18H27N3O2. The molecule has 23 heavy (non-hydrogen) atoms. The number of piperidine rings is 1. The first kappa shape index (κ1) is 16.3. The third-order valence-corrected chi connectivity index (χ3v) is 4.63. The van der Waals surface area contributed by atoms with Crippen molar-refractivity contribution in [3.05, 3.63) is 30.3 Å². The minimum atomic E-state index is -0.725. The summed E-state index contributed by atoms with van der Waals surface area (Å²) in [5.41, 5.74) is 0.313. The van der Waals surface area contributed by atoms with E-state index in [4.69, 9.17) is 9.73 Å². The summed E-state index contributed by atoms with van der Waals surface area (Å²) in [5.74, 6) is 0.885. The number of ether oxygens (including phenoxy) is 1. The first-order chi connectivity index (χ1) is 11.3. The van der Waals surface area contributed by atoms with Gasteiger partial charge in [-0.25, -0.2) is 4.99 Å². The number of hydrogen-bond acceptors (Lipinski definition) is 3. The molecule has 2 saturated heterocycles. The molecule has 2 aliphatic heterocycles. The number of nitrogens with zero attached hydrogens (tertiary/aromatic N) is 2. The van der Waals surface area contributed by atoms with E-state index in [1.165, 1.54) is 19.3 Å².